The molecule has 94 heavy (non-hydrogen) atoms. The Morgan fingerprint density at radius 2 is 0.543 bits per heavy atom. The zero-order valence-electron chi connectivity index (χ0n) is 59.6. The topological polar surface area (TPSA) is 237 Å². The molecule has 17 nitrogen and oxygen atoms in total. The smallest absolute Gasteiger partial charge is 0.462 e. The standard InChI is InChI=1S/C75H136O17P2/c1-5-9-13-17-21-25-29-31-32-33-34-35-36-38-41-44-48-52-56-60-73(78)86-66-71(92-75(80)62-58-54-50-46-42-37-30-26-22-18-14-10-6-2)68-90-94(83,84)88-64-69(76)63-87-93(81,82)89-67-70(91-74(79)61-57-53-49-45-40-28-24-20-16-12-8-4)65-85-72(77)59-55-51-47-43-39-27-23-19-15-11-7-3/h14,18,21,25-26,30-32,34-35,69-71,76H,5-13,15-17,19-20,22-24,27-29,33,36-68H2,1-4H3,(H,81,82)(H,83,84)/b18-14-,25-21-,30-26-,32-31-,35-34-. The number of phosphoric acid groups is 2. The Hall–Kier alpha value is -3.24. The Bertz CT molecular complexity index is 2030. The third-order valence-electron chi connectivity index (χ3n) is 16.0. The Kier molecular flexibility index (Phi) is 65.9. The summed E-state index contributed by atoms with van der Waals surface area (Å²) in [6.07, 6.45) is 65.1. The molecule has 0 aromatic heterocycles. The van der Waals surface area contributed by atoms with Crippen molar-refractivity contribution in [2.75, 3.05) is 39.6 Å². The third-order valence-corrected chi connectivity index (χ3v) is 17.9. The summed E-state index contributed by atoms with van der Waals surface area (Å²) >= 11 is 0. The van der Waals surface area contributed by atoms with Gasteiger partial charge >= 0.3 is 39.5 Å². The van der Waals surface area contributed by atoms with Gasteiger partial charge in [0.05, 0.1) is 26.4 Å². The normalized spacial score (nSPS) is 14.3. The fraction of sp³-hybridized carbons (Fsp3) is 0.813. The minimum atomic E-state index is -4.97. The maximum absolute atomic E-state index is 13.0. The van der Waals surface area contributed by atoms with E-state index in [1.165, 1.54) is 103 Å². The van der Waals surface area contributed by atoms with Crippen molar-refractivity contribution in [3.05, 3.63) is 60.8 Å². The van der Waals surface area contributed by atoms with Crippen molar-refractivity contribution < 1.29 is 80.2 Å². The fourth-order valence-corrected chi connectivity index (χ4v) is 11.8. The second-order valence-corrected chi connectivity index (χ2v) is 28.2. The first kappa shape index (κ1) is 90.8. The van der Waals surface area contributed by atoms with E-state index in [0.29, 0.717) is 25.7 Å². The van der Waals surface area contributed by atoms with Gasteiger partial charge in [0.25, 0.3) is 0 Å². The fourth-order valence-electron chi connectivity index (χ4n) is 10.2. The predicted octanol–water partition coefficient (Wildman–Crippen LogP) is 21.1. The monoisotopic (exact) mass is 1370 g/mol. The number of aliphatic hydroxyl groups excluding tert-OH is 1. The lowest BCUT2D eigenvalue weighted by Gasteiger charge is -2.21. The summed E-state index contributed by atoms with van der Waals surface area (Å²) in [5.41, 5.74) is 0. The van der Waals surface area contributed by atoms with Crippen molar-refractivity contribution in [2.24, 2.45) is 0 Å². The molecule has 0 aromatic carbocycles. The molecule has 0 aliphatic carbocycles. The first-order valence-electron chi connectivity index (χ1n) is 37.5. The number of hydrogen-bond donors (Lipinski definition) is 3. The maximum atomic E-state index is 13.0. The molecule has 0 heterocycles. The highest BCUT2D eigenvalue weighted by atomic mass is 31.2. The first-order chi connectivity index (χ1) is 45.7. The van der Waals surface area contributed by atoms with Crippen LogP contribution < -0.4 is 0 Å². The Balaban J connectivity index is 5.28. The number of carbonyl (C=O) groups is 4. The van der Waals surface area contributed by atoms with Crippen LogP contribution in [-0.2, 0) is 65.4 Å². The number of hydrogen-bond acceptors (Lipinski definition) is 15. The minimum Gasteiger partial charge on any atom is -0.462 e. The molecule has 0 fully saturated rings. The van der Waals surface area contributed by atoms with Gasteiger partial charge in [0.2, 0.25) is 0 Å². The molecular weight excluding hydrogens is 1230 g/mol. The summed E-state index contributed by atoms with van der Waals surface area (Å²) in [5.74, 6) is -2.18. The molecule has 0 saturated carbocycles. The second-order valence-electron chi connectivity index (χ2n) is 25.2. The number of ether oxygens (including phenoxy) is 4. The predicted molar refractivity (Wildman–Crippen MR) is 381 cm³/mol. The van der Waals surface area contributed by atoms with Crippen molar-refractivity contribution in [2.45, 2.75) is 354 Å². The first-order valence-corrected chi connectivity index (χ1v) is 40.5. The molecule has 5 atom stereocenters. The zero-order chi connectivity index (χ0) is 69.0. The van der Waals surface area contributed by atoms with Crippen LogP contribution in [0.3, 0.4) is 0 Å². The average Bonchev–Trinajstić information content (AvgIpc) is 1.34. The number of phosphoric ester groups is 2. The number of unbranched alkanes of at least 4 members (excludes halogenated alkanes) is 35. The highest BCUT2D eigenvalue weighted by Crippen LogP contribution is 2.45. The van der Waals surface area contributed by atoms with Gasteiger partial charge in [-0.25, -0.2) is 9.13 Å². The summed E-state index contributed by atoms with van der Waals surface area (Å²) in [7, 11) is -9.93. The van der Waals surface area contributed by atoms with Crippen LogP contribution in [0.1, 0.15) is 336 Å². The largest absolute Gasteiger partial charge is 0.472 e. The van der Waals surface area contributed by atoms with Crippen LogP contribution in [0, 0.1) is 0 Å². The molecule has 0 aliphatic heterocycles. The van der Waals surface area contributed by atoms with Crippen LogP contribution in [0.4, 0.5) is 0 Å². The summed E-state index contributed by atoms with van der Waals surface area (Å²) in [4.78, 5) is 72.6. The van der Waals surface area contributed by atoms with Crippen LogP contribution in [-0.4, -0.2) is 96.7 Å². The highest BCUT2D eigenvalue weighted by molar-refractivity contribution is 7.47. The molecule has 0 aromatic rings. The average molecular weight is 1370 g/mol. The van der Waals surface area contributed by atoms with E-state index in [1.807, 2.05) is 0 Å². The summed E-state index contributed by atoms with van der Waals surface area (Å²) < 4.78 is 68.3. The Labute approximate surface area is 571 Å². The number of esters is 4. The van der Waals surface area contributed by atoms with Gasteiger partial charge in [-0.05, 0) is 89.9 Å². The van der Waals surface area contributed by atoms with Crippen molar-refractivity contribution in [1.29, 1.82) is 0 Å². The van der Waals surface area contributed by atoms with E-state index < -0.39 is 97.5 Å². The van der Waals surface area contributed by atoms with E-state index >= 15 is 0 Å². The van der Waals surface area contributed by atoms with Gasteiger partial charge in [-0.3, -0.25) is 37.3 Å². The molecule has 0 aliphatic rings. The highest BCUT2D eigenvalue weighted by Gasteiger charge is 2.30. The quantitative estimate of drug-likeness (QED) is 0.0169. The Morgan fingerprint density at radius 1 is 0.298 bits per heavy atom. The van der Waals surface area contributed by atoms with E-state index in [4.69, 9.17) is 37.0 Å². The van der Waals surface area contributed by atoms with E-state index in [1.54, 1.807) is 0 Å². The molecule has 0 radical (unpaired) electrons. The maximum Gasteiger partial charge on any atom is 0.472 e. The lowest BCUT2D eigenvalue weighted by atomic mass is 10.1. The molecule has 0 bridgehead atoms. The molecule has 0 saturated heterocycles. The van der Waals surface area contributed by atoms with Gasteiger partial charge < -0.3 is 33.8 Å². The van der Waals surface area contributed by atoms with Gasteiger partial charge in [0, 0.05) is 25.7 Å². The minimum absolute atomic E-state index is 0.0790. The number of rotatable bonds is 71. The zero-order valence-corrected chi connectivity index (χ0v) is 61.4. The van der Waals surface area contributed by atoms with Crippen molar-refractivity contribution >= 4 is 39.5 Å². The van der Waals surface area contributed by atoms with Crippen molar-refractivity contribution in [3.8, 4) is 0 Å². The number of aliphatic hydroxyl groups is 1. The van der Waals surface area contributed by atoms with Gasteiger partial charge in [-0.2, -0.15) is 0 Å². The Morgan fingerprint density at radius 3 is 0.862 bits per heavy atom. The van der Waals surface area contributed by atoms with Crippen LogP contribution in [0.2, 0.25) is 0 Å². The lowest BCUT2D eigenvalue weighted by Crippen LogP contribution is -2.30. The van der Waals surface area contributed by atoms with Gasteiger partial charge in [-0.15, -0.1) is 0 Å². The molecule has 3 N–H and O–H groups in total. The summed E-state index contributed by atoms with van der Waals surface area (Å²) in [6.45, 7) is 4.77. The van der Waals surface area contributed by atoms with Crippen LogP contribution in [0.5, 0.6) is 0 Å². The summed E-state index contributed by atoms with van der Waals surface area (Å²) in [5, 5.41) is 10.6. The van der Waals surface area contributed by atoms with Crippen molar-refractivity contribution in [3.63, 3.8) is 0 Å². The van der Waals surface area contributed by atoms with Crippen LogP contribution in [0.15, 0.2) is 60.8 Å². The number of allylic oxidation sites excluding steroid dienone is 10. The molecule has 0 amide bonds. The third kappa shape index (κ3) is 67.3. The van der Waals surface area contributed by atoms with Crippen LogP contribution >= 0.6 is 15.6 Å². The molecular formula is C75H136O17P2. The van der Waals surface area contributed by atoms with E-state index in [-0.39, 0.29) is 25.7 Å². The molecule has 0 spiro atoms. The molecule has 0 rings (SSSR count). The van der Waals surface area contributed by atoms with Crippen LogP contribution in [0.25, 0.3) is 0 Å². The molecule has 5 unspecified atom stereocenters. The second kappa shape index (κ2) is 68.3. The number of carbonyl (C=O) groups excluding carboxylic acids is 4. The molecule has 548 valence electrons. The van der Waals surface area contributed by atoms with Gasteiger partial charge in [0.15, 0.2) is 12.2 Å². The SMILES string of the molecule is CCC/C=C\C/C=C\CCCCCCCC(=O)OC(COC(=O)CCCCCCCC/C=C\C/C=C\C/C=C\CCCCC)COP(=O)(O)OCC(O)COP(=O)(O)OCC(COC(=O)CCCCCCCCCCCCC)OC(=O)CCCCCCCCCCCCC. The van der Waals surface area contributed by atoms with E-state index in [9.17, 15) is 43.2 Å². The molecule has 19 heteroatoms. The van der Waals surface area contributed by atoms with E-state index in [0.717, 1.165) is 154 Å². The van der Waals surface area contributed by atoms with E-state index in [2.05, 4.69) is 88.5 Å². The van der Waals surface area contributed by atoms with Gasteiger partial charge in [-0.1, -0.05) is 281 Å². The summed E-state index contributed by atoms with van der Waals surface area (Å²) in [6, 6.07) is 0. The van der Waals surface area contributed by atoms with Gasteiger partial charge in [0.1, 0.15) is 19.3 Å². The lowest BCUT2D eigenvalue weighted by molar-refractivity contribution is -0.161. The van der Waals surface area contributed by atoms with Crippen molar-refractivity contribution in [1.82, 2.24) is 0 Å².